The van der Waals surface area contributed by atoms with E-state index in [4.69, 9.17) is 9.26 Å². The van der Waals surface area contributed by atoms with Gasteiger partial charge in [-0.3, -0.25) is 4.79 Å². The summed E-state index contributed by atoms with van der Waals surface area (Å²) < 4.78 is 11.9. The molecule has 140 valence electrons. The maximum atomic E-state index is 12.5. The van der Waals surface area contributed by atoms with Crippen molar-refractivity contribution in [1.29, 1.82) is 0 Å². The standard InChI is InChI=1S/C20H20BrN3O3/c1-3-24(19(25)13-26-16-9-10-17(21)14(2)11-16)12-18-22-20(23-27-18)15-7-5-4-6-8-15/h4-11H,3,12-13H2,1-2H3. The molecule has 27 heavy (non-hydrogen) atoms. The summed E-state index contributed by atoms with van der Waals surface area (Å²) in [4.78, 5) is 18.5. The molecular weight excluding hydrogens is 410 g/mol. The normalized spacial score (nSPS) is 10.6. The molecule has 0 saturated carbocycles. The number of benzene rings is 2. The molecule has 0 radical (unpaired) electrons. The first kappa shape index (κ1) is 19.1. The number of aromatic nitrogens is 2. The number of carbonyl (C=O) groups is 1. The molecule has 3 aromatic rings. The number of rotatable bonds is 7. The monoisotopic (exact) mass is 429 g/mol. The van der Waals surface area contributed by atoms with Crippen molar-refractivity contribution in [3.8, 4) is 17.1 Å². The molecule has 1 amide bonds. The summed E-state index contributed by atoms with van der Waals surface area (Å²) >= 11 is 3.45. The zero-order valence-electron chi connectivity index (χ0n) is 15.2. The first-order chi connectivity index (χ1) is 13.1. The minimum absolute atomic E-state index is 0.0470. The van der Waals surface area contributed by atoms with Gasteiger partial charge in [0, 0.05) is 16.6 Å². The van der Waals surface area contributed by atoms with Crippen molar-refractivity contribution in [1.82, 2.24) is 15.0 Å². The van der Waals surface area contributed by atoms with Crippen LogP contribution in [0.2, 0.25) is 0 Å². The van der Waals surface area contributed by atoms with Crippen LogP contribution < -0.4 is 4.74 Å². The van der Waals surface area contributed by atoms with Crippen LogP contribution in [0.5, 0.6) is 5.75 Å². The number of likely N-dealkylation sites (N-methyl/N-ethyl adjacent to an activating group) is 1. The molecule has 0 saturated heterocycles. The molecular formula is C20H20BrN3O3. The second-order valence-electron chi connectivity index (χ2n) is 5.99. The van der Waals surface area contributed by atoms with Gasteiger partial charge in [-0.2, -0.15) is 4.98 Å². The fourth-order valence-corrected chi connectivity index (χ4v) is 2.75. The van der Waals surface area contributed by atoms with Crippen molar-refractivity contribution in [2.75, 3.05) is 13.2 Å². The Labute approximate surface area is 166 Å². The van der Waals surface area contributed by atoms with E-state index in [1.165, 1.54) is 0 Å². The lowest BCUT2D eigenvalue weighted by Crippen LogP contribution is -2.34. The Kier molecular flexibility index (Phi) is 6.24. The minimum Gasteiger partial charge on any atom is -0.484 e. The van der Waals surface area contributed by atoms with E-state index in [1.807, 2.05) is 62.4 Å². The molecule has 1 heterocycles. The number of ether oxygens (including phenoxy) is 1. The lowest BCUT2D eigenvalue weighted by atomic mass is 10.2. The fraction of sp³-hybridized carbons (Fsp3) is 0.250. The SMILES string of the molecule is CCN(Cc1nc(-c2ccccc2)no1)C(=O)COc1ccc(Br)c(C)c1. The third-order valence-corrected chi connectivity index (χ3v) is 4.94. The van der Waals surface area contributed by atoms with Gasteiger partial charge in [0.25, 0.3) is 5.91 Å². The maximum Gasteiger partial charge on any atom is 0.260 e. The van der Waals surface area contributed by atoms with Crippen LogP contribution in [-0.4, -0.2) is 34.1 Å². The highest BCUT2D eigenvalue weighted by Crippen LogP contribution is 2.21. The Morgan fingerprint density at radius 3 is 2.70 bits per heavy atom. The topological polar surface area (TPSA) is 68.5 Å². The Hall–Kier alpha value is -2.67. The fourth-order valence-electron chi connectivity index (χ4n) is 2.51. The van der Waals surface area contributed by atoms with Crippen LogP contribution in [0, 0.1) is 6.92 Å². The quantitative estimate of drug-likeness (QED) is 0.561. The van der Waals surface area contributed by atoms with Crippen molar-refractivity contribution < 1.29 is 14.1 Å². The van der Waals surface area contributed by atoms with Crippen molar-refractivity contribution in [2.45, 2.75) is 20.4 Å². The van der Waals surface area contributed by atoms with Gasteiger partial charge in [-0.05, 0) is 37.6 Å². The lowest BCUT2D eigenvalue weighted by Gasteiger charge is -2.19. The molecule has 0 atom stereocenters. The van der Waals surface area contributed by atoms with Crippen LogP contribution in [0.25, 0.3) is 11.4 Å². The molecule has 2 aromatic carbocycles. The van der Waals surface area contributed by atoms with Gasteiger partial charge in [-0.1, -0.05) is 51.4 Å². The van der Waals surface area contributed by atoms with Crippen LogP contribution in [0.4, 0.5) is 0 Å². The second kappa shape index (κ2) is 8.81. The predicted octanol–water partition coefficient (Wildman–Crippen LogP) is 4.24. The highest BCUT2D eigenvalue weighted by atomic mass is 79.9. The molecule has 0 N–H and O–H groups in total. The maximum absolute atomic E-state index is 12.5. The van der Waals surface area contributed by atoms with Gasteiger partial charge in [0.1, 0.15) is 12.3 Å². The zero-order chi connectivity index (χ0) is 19.2. The van der Waals surface area contributed by atoms with E-state index in [2.05, 4.69) is 26.1 Å². The van der Waals surface area contributed by atoms with Crippen LogP contribution >= 0.6 is 15.9 Å². The Morgan fingerprint density at radius 1 is 1.22 bits per heavy atom. The van der Waals surface area contributed by atoms with Gasteiger partial charge in [0.05, 0.1) is 0 Å². The van der Waals surface area contributed by atoms with E-state index in [0.29, 0.717) is 24.0 Å². The van der Waals surface area contributed by atoms with Crippen molar-refractivity contribution in [2.24, 2.45) is 0 Å². The number of hydrogen-bond donors (Lipinski definition) is 0. The van der Waals surface area contributed by atoms with E-state index in [1.54, 1.807) is 4.90 Å². The molecule has 0 fully saturated rings. The highest BCUT2D eigenvalue weighted by molar-refractivity contribution is 9.10. The summed E-state index contributed by atoms with van der Waals surface area (Å²) in [5, 5.41) is 3.98. The van der Waals surface area contributed by atoms with Crippen LogP contribution in [0.3, 0.4) is 0 Å². The summed E-state index contributed by atoms with van der Waals surface area (Å²) in [6, 6.07) is 15.2. The van der Waals surface area contributed by atoms with Gasteiger partial charge in [-0.25, -0.2) is 0 Å². The zero-order valence-corrected chi connectivity index (χ0v) is 16.8. The number of halogens is 1. The highest BCUT2D eigenvalue weighted by Gasteiger charge is 2.17. The summed E-state index contributed by atoms with van der Waals surface area (Å²) in [6.45, 7) is 4.59. The average molecular weight is 430 g/mol. The van der Waals surface area contributed by atoms with E-state index >= 15 is 0 Å². The van der Waals surface area contributed by atoms with Crippen LogP contribution in [0.1, 0.15) is 18.4 Å². The second-order valence-corrected chi connectivity index (χ2v) is 6.84. The third-order valence-electron chi connectivity index (χ3n) is 4.05. The van der Waals surface area contributed by atoms with Gasteiger partial charge in [0.15, 0.2) is 6.61 Å². The molecule has 0 unspecified atom stereocenters. The molecule has 0 bridgehead atoms. The smallest absolute Gasteiger partial charge is 0.260 e. The molecule has 1 aromatic heterocycles. The van der Waals surface area contributed by atoms with E-state index in [0.717, 1.165) is 15.6 Å². The molecule has 0 aliphatic rings. The Bertz CT molecular complexity index is 912. The van der Waals surface area contributed by atoms with Gasteiger partial charge < -0.3 is 14.2 Å². The van der Waals surface area contributed by atoms with Crippen molar-refractivity contribution in [3.05, 3.63) is 64.5 Å². The Balaban J connectivity index is 1.60. The predicted molar refractivity (Wildman–Crippen MR) is 105 cm³/mol. The molecule has 0 aliphatic heterocycles. The molecule has 7 heteroatoms. The van der Waals surface area contributed by atoms with E-state index in [9.17, 15) is 4.79 Å². The van der Waals surface area contributed by atoms with Gasteiger partial charge >= 0.3 is 0 Å². The summed E-state index contributed by atoms with van der Waals surface area (Å²) in [5.74, 6) is 1.42. The summed E-state index contributed by atoms with van der Waals surface area (Å²) in [6.07, 6.45) is 0. The van der Waals surface area contributed by atoms with Crippen LogP contribution in [0.15, 0.2) is 57.5 Å². The average Bonchev–Trinajstić information content (AvgIpc) is 3.16. The number of aryl methyl sites for hydroxylation is 1. The molecule has 0 spiro atoms. The number of hydrogen-bond acceptors (Lipinski definition) is 5. The molecule has 6 nitrogen and oxygen atoms in total. The van der Waals surface area contributed by atoms with Crippen molar-refractivity contribution in [3.63, 3.8) is 0 Å². The van der Waals surface area contributed by atoms with E-state index in [-0.39, 0.29) is 19.1 Å². The minimum atomic E-state index is -0.141. The number of amides is 1. The van der Waals surface area contributed by atoms with Crippen LogP contribution in [-0.2, 0) is 11.3 Å². The molecule has 0 aliphatic carbocycles. The summed E-state index contributed by atoms with van der Waals surface area (Å²) in [7, 11) is 0. The first-order valence-corrected chi connectivity index (χ1v) is 9.41. The van der Waals surface area contributed by atoms with Gasteiger partial charge in [-0.15, -0.1) is 0 Å². The first-order valence-electron chi connectivity index (χ1n) is 8.61. The largest absolute Gasteiger partial charge is 0.484 e. The Morgan fingerprint density at radius 2 is 2.00 bits per heavy atom. The summed E-state index contributed by atoms with van der Waals surface area (Å²) in [5.41, 5.74) is 1.92. The van der Waals surface area contributed by atoms with Crippen molar-refractivity contribution >= 4 is 21.8 Å². The molecule has 3 rings (SSSR count). The van der Waals surface area contributed by atoms with E-state index < -0.39 is 0 Å². The third kappa shape index (κ3) is 4.95. The van der Waals surface area contributed by atoms with Gasteiger partial charge in [0.2, 0.25) is 11.7 Å². The number of carbonyl (C=O) groups excluding carboxylic acids is 1. The number of nitrogens with zero attached hydrogens (tertiary/aromatic N) is 3. The lowest BCUT2D eigenvalue weighted by molar-refractivity contribution is -0.134.